The van der Waals surface area contributed by atoms with E-state index >= 15 is 0 Å². The number of hydrogen-bond donors (Lipinski definition) is 0. The van der Waals surface area contributed by atoms with Crippen molar-refractivity contribution in [2.75, 3.05) is 12.3 Å². The van der Waals surface area contributed by atoms with Crippen LogP contribution in [0.15, 0.2) is 18.2 Å². The highest BCUT2D eigenvalue weighted by Gasteiger charge is 2.28. The third-order valence-electron chi connectivity index (χ3n) is 2.77. The topological polar surface area (TPSA) is 80.5 Å². The van der Waals surface area contributed by atoms with Crippen molar-refractivity contribution in [2.24, 2.45) is 0 Å². The first-order valence-electron chi connectivity index (χ1n) is 5.31. The Morgan fingerprint density at radius 1 is 1.44 bits per heavy atom. The Morgan fingerprint density at radius 3 is 2.67 bits per heavy atom. The van der Waals surface area contributed by atoms with E-state index in [2.05, 4.69) is 0 Å². The number of halogens is 1. The van der Waals surface area contributed by atoms with Crippen LogP contribution >= 0.6 is 0 Å². The van der Waals surface area contributed by atoms with Crippen LogP contribution in [0.5, 0.6) is 0 Å². The molecule has 0 aliphatic carbocycles. The largest absolute Gasteiger partial charge is 0.304 e. The second-order valence-corrected chi connectivity index (χ2v) is 6.13. The van der Waals surface area contributed by atoms with Crippen LogP contribution < -0.4 is 0 Å². The van der Waals surface area contributed by atoms with Gasteiger partial charge in [-0.05, 0) is 18.1 Å². The minimum atomic E-state index is -3.25. The highest BCUT2D eigenvalue weighted by atomic mass is 32.2. The zero-order valence-electron chi connectivity index (χ0n) is 9.37. The number of nitro groups is 1. The van der Waals surface area contributed by atoms with E-state index < -0.39 is 26.5 Å². The molecule has 0 aromatic heterocycles. The molecule has 1 heterocycles. The van der Waals surface area contributed by atoms with E-state index in [1.54, 1.807) is 0 Å². The Morgan fingerprint density at radius 2 is 2.17 bits per heavy atom. The molecule has 1 fully saturated rings. The molecule has 1 saturated heterocycles. The lowest BCUT2D eigenvalue weighted by Crippen LogP contribution is -2.25. The Bertz CT molecular complexity index is 588. The summed E-state index contributed by atoms with van der Waals surface area (Å²) < 4.78 is 37.7. The Balaban J connectivity index is 2.21. The van der Waals surface area contributed by atoms with Crippen molar-refractivity contribution in [1.82, 2.24) is 4.31 Å². The summed E-state index contributed by atoms with van der Waals surface area (Å²) in [5.74, 6) is -0.850. The van der Waals surface area contributed by atoms with E-state index in [0.29, 0.717) is 18.5 Å². The predicted octanol–water partition coefficient (Wildman–Crippen LogP) is 1.27. The van der Waals surface area contributed by atoms with Gasteiger partial charge in [-0.15, -0.1) is 0 Å². The fraction of sp³-hybridized carbons (Fsp3) is 0.400. The highest BCUT2D eigenvalue weighted by molar-refractivity contribution is 7.89. The monoisotopic (exact) mass is 274 g/mol. The standard InChI is InChI=1S/C10H11FN2O4S/c11-9-6-8(2-3-10(9)13(14)15)7-12-4-1-5-18(12,16)17/h2-3,6H,1,4-5,7H2. The van der Waals surface area contributed by atoms with Gasteiger partial charge in [0.2, 0.25) is 15.8 Å². The quantitative estimate of drug-likeness (QED) is 0.614. The number of benzene rings is 1. The maximum atomic E-state index is 13.4. The summed E-state index contributed by atoms with van der Waals surface area (Å²) in [5, 5.41) is 10.4. The van der Waals surface area contributed by atoms with Crippen molar-refractivity contribution in [3.8, 4) is 0 Å². The van der Waals surface area contributed by atoms with Gasteiger partial charge in [0, 0.05) is 19.2 Å². The molecule has 0 bridgehead atoms. The molecule has 2 rings (SSSR count). The smallest absolute Gasteiger partial charge is 0.258 e. The van der Waals surface area contributed by atoms with Crippen LogP contribution in [0.4, 0.5) is 10.1 Å². The van der Waals surface area contributed by atoms with E-state index in [1.165, 1.54) is 10.4 Å². The number of hydrogen-bond acceptors (Lipinski definition) is 4. The molecule has 8 heteroatoms. The van der Waals surface area contributed by atoms with Crippen LogP contribution in [-0.4, -0.2) is 29.9 Å². The van der Waals surface area contributed by atoms with E-state index in [9.17, 15) is 22.9 Å². The Hall–Kier alpha value is -1.54. The van der Waals surface area contributed by atoms with Gasteiger partial charge in [-0.1, -0.05) is 6.07 Å². The molecule has 6 nitrogen and oxygen atoms in total. The Kier molecular flexibility index (Phi) is 3.31. The summed E-state index contributed by atoms with van der Waals surface area (Å²) in [6, 6.07) is 3.42. The summed E-state index contributed by atoms with van der Waals surface area (Å²) in [4.78, 5) is 9.63. The molecule has 1 aromatic carbocycles. The SMILES string of the molecule is O=[N+]([O-])c1ccc(CN2CCCS2(=O)=O)cc1F. The van der Waals surface area contributed by atoms with Gasteiger partial charge >= 0.3 is 5.69 Å². The lowest BCUT2D eigenvalue weighted by molar-refractivity contribution is -0.387. The van der Waals surface area contributed by atoms with Crippen molar-refractivity contribution in [1.29, 1.82) is 0 Å². The molecule has 1 aliphatic rings. The molecule has 0 unspecified atom stereocenters. The number of nitro benzene ring substituents is 1. The molecule has 18 heavy (non-hydrogen) atoms. The maximum Gasteiger partial charge on any atom is 0.304 e. The highest BCUT2D eigenvalue weighted by Crippen LogP contribution is 2.21. The van der Waals surface area contributed by atoms with E-state index in [1.807, 2.05) is 0 Å². The molecule has 0 N–H and O–H groups in total. The lowest BCUT2D eigenvalue weighted by Gasteiger charge is -2.13. The van der Waals surface area contributed by atoms with Gasteiger partial charge in [0.1, 0.15) is 0 Å². The van der Waals surface area contributed by atoms with Crippen molar-refractivity contribution in [2.45, 2.75) is 13.0 Å². The van der Waals surface area contributed by atoms with Gasteiger partial charge in [-0.25, -0.2) is 8.42 Å². The van der Waals surface area contributed by atoms with Crippen LogP contribution in [-0.2, 0) is 16.6 Å². The van der Waals surface area contributed by atoms with Gasteiger partial charge in [-0.2, -0.15) is 8.70 Å². The van der Waals surface area contributed by atoms with Gasteiger partial charge in [-0.3, -0.25) is 10.1 Å². The van der Waals surface area contributed by atoms with Crippen LogP contribution in [0.2, 0.25) is 0 Å². The molecular weight excluding hydrogens is 263 g/mol. The maximum absolute atomic E-state index is 13.4. The van der Waals surface area contributed by atoms with Crippen molar-refractivity contribution in [3.63, 3.8) is 0 Å². The molecule has 98 valence electrons. The Labute approximate surface area is 103 Å². The van der Waals surface area contributed by atoms with E-state index in [4.69, 9.17) is 0 Å². The molecule has 0 saturated carbocycles. The molecule has 1 aliphatic heterocycles. The first-order valence-corrected chi connectivity index (χ1v) is 6.92. The molecule has 1 aromatic rings. The number of rotatable bonds is 3. The lowest BCUT2D eigenvalue weighted by atomic mass is 10.2. The fourth-order valence-electron chi connectivity index (χ4n) is 1.87. The van der Waals surface area contributed by atoms with Crippen LogP contribution in [0, 0.1) is 15.9 Å². The minimum Gasteiger partial charge on any atom is -0.258 e. The number of nitrogens with zero attached hydrogens (tertiary/aromatic N) is 2. The number of sulfonamides is 1. The third-order valence-corrected chi connectivity index (χ3v) is 4.67. The first-order chi connectivity index (χ1) is 8.40. The van der Waals surface area contributed by atoms with Crippen molar-refractivity contribution >= 4 is 15.7 Å². The van der Waals surface area contributed by atoms with E-state index in [0.717, 1.165) is 12.1 Å². The van der Waals surface area contributed by atoms with Crippen LogP contribution in [0.3, 0.4) is 0 Å². The second kappa shape index (κ2) is 4.62. The molecule has 0 amide bonds. The molecule has 0 atom stereocenters. The molecule has 0 spiro atoms. The van der Waals surface area contributed by atoms with Crippen LogP contribution in [0.25, 0.3) is 0 Å². The second-order valence-electron chi connectivity index (χ2n) is 4.05. The summed E-state index contributed by atoms with van der Waals surface area (Å²) in [5.41, 5.74) is -0.202. The zero-order valence-corrected chi connectivity index (χ0v) is 10.2. The molecular formula is C10H11FN2O4S. The first kappa shape index (κ1) is 12.9. The fourth-order valence-corrected chi connectivity index (χ4v) is 3.37. The average Bonchev–Trinajstić information content (AvgIpc) is 2.58. The summed E-state index contributed by atoms with van der Waals surface area (Å²) in [7, 11) is -3.25. The predicted molar refractivity (Wildman–Crippen MR) is 61.9 cm³/mol. The van der Waals surface area contributed by atoms with E-state index in [-0.39, 0.29) is 12.3 Å². The van der Waals surface area contributed by atoms with Crippen molar-refractivity contribution < 1.29 is 17.7 Å². The van der Waals surface area contributed by atoms with Gasteiger partial charge < -0.3 is 0 Å². The van der Waals surface area contributed by atoms with Crippen molar-refractivity contribution in [3.05, 3.63) is 39.7 Å². The zero-order chi connectivity index (χ0) is 13.3. The summed E-state index contributed by atoms with van der Waals surface area (Å²) >= 11 is 0. The minimum absolute atomic E-state index is 0.0528. The summed E-state index contributed by atoms with van der Waals surface area (Å²) in [6.07, 6.45) is 0.553. The van der Waals surface area contributed by atoms with Gasteiger partial charge in [0.15, 0.2) is 0 Å². The van der Waals surface area contributed by atoms with Gasteiger partial charge in [0.05, 0.1) is 10.7 Å². The summed E-state index contributed by atoms with van der Waals surface area (Å²) in [6.45, 7) is 0.457. The average molecular weight is 274 g/mol. The van der Waals surface area contributed by atoms with Crippen LogP contribution in [0.1, 0.15) is 12.0 Å². The third kappa shape index (κ3) is 2.49. The normalized spacial score (nSPS) is 18.9. The van der Waals surface area contributed by atoms with Gasteiger partial charge in [0.25, 0.3) is 0 Å². The molecule has 0 radical (unpaired) electrons.